The summed E-state index contributed by atoms with van der Waals surface area (Å²) >= 11 is 0. The number of aromatic amines is 1. The number of nitrogens with one attached hydrogen (secondary N) is 1. The number of sulfonamides is 1. The molecule has 3 atom stereocenters. The van der Waals surface area contributed by atoms with Crippen LogP contribution >= 0.6 is 0 Å². The van der Waals surface area contributed by atoms with Crippen molar-refractivity contribution in [3.05, 3.63) is 23.5 Å². The van der Waals surface area contributed by atoms with Gasteiger partial charge in [0.1, 0.15) is 5.69 Å². The average molecular weight is 439 g/mol. The van der Waals surface area contributed by atoms with Crippen LogP contribution in [-0.2, 0) is 26.1 Å². The number of hydrogen-bond donors (Lipinski definition) is 1. The molecule has 2 amide bonds. The lowest BCUT2D eigenvalue weighted by Crippen LogP contribution is -2.44. The maximum Gasteiger partial charge on any atom is 0.270 e. The van der Waals surface area contributed by atoms with E-state index in [4.69, 9.17) is 4.74 Å². The predicted molar refractivity (Wildman–Crippen MR) is 110 cm³/mol. The summed E-state index contributed by atoms with van der Waals surface area (Å²) in [7, 11) is -3.68. The second kappa shape index (κ2) is 7.97. The summed E-state index contributed by atoms with van der Waals surface area (Å²) < 4.78 is 30.9. The Kier molecular flexibility index (Phi) is 5.67. The molecule has 3 aliphatic heterocycles. The van der Waals surface area contributed by atoms with Crippen molar-refractivity contribution in [2.75, 3.05) is 39.1 Å². The Hall–Kier alpha value is -1.91. The summed E-state index contributed by atoms with van der Waals surface area (Å²) in [5.74, 6) is -1.14. The van der Waals surface area contributed by atoms with Gasteiger partial charge >= 0.3 is 0 Å². The fourth-order valence-electron chi connectivity index (χ4n) is 5.08. The molecule has 10 heteroatoms. The molecule has 4 heterocycles. The van der Waals surface area contributed by atoms with Crippen molar-refractivity contribution < 1.29 is 22.7 Å². The van der Waals surface area contributed by atoms with E-state index >= 15 is 0 Å². The lowest BCUT2D eigenvalue weighted by Gasteiger charge is -2.29. The Labute approximate surface area is 177 Å². The molecular formula is C20H30N4O5S. The number of fused-ring (bicyclic) bond motifs is 1. The monoisotopic (exact) mass is 438 g/mol. The SMILES string of the molecule is CC(C)[C@@H]1C(=O)N(S(C)(=O)=O)[C@@H]2CCN(C(=O)c3ccc(CN4CCOCC4)[nH]3)[C@H]21. The minimum Gasteiger partial charge on any atom is -0.379 e. The first kappa shape index (κ1) is 21.3. The molecule has 0 aromatic carbocycles. The third-order valence-electron chi connectivity index (χ3n) is 6.40. The van der Waals surface area contributed by atoms with E-state index in [1.54, 1.807) is 11.0 Å². The minimum absolute atomic E-state index is 0.0642. The highest BCUT2D eigenvalue weighted by molar-refractivity contribution is 7.88. The van der Waals surface area contributed by atoms with Crippen LogP contribution in [0.15, 0.2) is 12.1 Å². The van der Waals surface area contributed by atoms with Crippen LogP contribution in [0.4, 0.5) is 0 Å². The van der Waals surface area contributed by atoms with E-state index in [0.29, 0.717) is 31.9 Å². The van der Waals surface area contributed by atoms with Crippen molar-refractivity contribution in [2.24, 2.45) is 11.8 Å². The van der Waals surface area contributed by atoms with Crippen molar-refractivity contribution in [1.29, 1.82) is 0 Å². The van der Waals surface area contributed by atoms with Gasteiger partial charge in [-0.15, -0.1) is 0 Å². The predicted octanol–water partition coefficient (Wildman–Crippen LogP) is 0.504. The van der Waals surface area contributed by atoms with Crippen molar-refractivity contribution in [1.82, 2.24) is 19.1 Å². The highest BCUT2D eigenvalue weighted by atomic mass is 32.2. The van der Waals surface area contributed by atoms with Crippen LogP contribution < -0.4 is 0 Å². The number of carbonyl (C=O) groups excluding carboxylic acids is 2. The molecule has 30 heavy (non-hydrogen) atoms. The molecule has 3 fully saturated rings. The van der Waals surface area contributed by atoms with Crippen molar-refractivity contribution >= 4 is 21.8 Å². The molecule has 3 aliphatic rings. The molecule has 0 radical (unpaired) electrons. The van der Waals surface area contributed by atoms with Crippen molar-refractivity contribution in [2.45, 2.75) is 38.9 Å². The number of morpholine rings is 1. The summed E-state index contributed by atoms with van der Waals surface area (Å²) in [5, 5.41) is 0. The molecule has 1 aromatic heterocycles. The zero-order valence-corrected chi connectivity index (χ0v) is 18.5. The maximum absolute atomic E-state index is 13.3. The number of rotatable bonds is 5. The molecule has 0 bridgehead atoms. The number of hydrogen-bond acceptors (Lipinski definition) is 6. The summed E-state index contributed by atoms with van der Waals surface area (Å²) in [5.41, 5.74) is 1.43. The quantitative estimate of drug-likeness (QED) is 0.718. The van der Waals surface area contributed by atoms with Crippen molar-refractivity contribution in [3.63, 3.8) is 0 Å². The fraction of sp³-hybridized carbons (Fsp3) is 0.700. The molecule has 0 saturated carbocycles. The average Bonchev–Trinajstić information content (AvgIpc) is 3.35. The van der Waals surface area contributed by atoms with Gasteiger partial charge in [0, 0.05) is 31.9 Å². The summed E-state index contributed by atoms with van der Waals surface area (Å²) in [6, 6.07) is 2.79. The lowest BCUT2D eigenvalue weighted by atomic mass is 9.88. The third-order valence-corrected chi connectivity index (χ3v) is 7.57. The van der Waals surface area contributed by atoms with Gasteiger partial charge in [-0.2, -0.15) is 0 Å². The molecule has 9 nitrogen and oxygen atoms in total. The first-order valence-electron chi connectivity index (χ1n) is 10.5. The minimum atomic E-state index is -3.68. The van der Waals surface area contributed by atoms with Crippen LogP contribution in [0.25, 0.3) is 0 Å². The topological polar surface area (TPSA) is 103 Å². The van der Waals surface area contributed by atoms with Gasteiger partial charge in [0.2, 0.25) is 15.9 Å². The zero-order chi connectivity index (χ0) is 21.6. The number of amides is 2. The first-order valence-corrected chi connectivity index (χ1v) is 12.4. The van der Waals surface area contributed by atoms with Gasteiger partial charge in [-0.3, -0.25) is 14.5 Å². The Morgan fingerprint density at radius 1 is 1.23 bits per heavy atom. The third kappa shape index (κ3) is 3.76. The highest BCUT2D eigenvalue weighted by Gasteiger charge is 2.58. The fourth-order valence-corrected chi connectivity index (χ4v) is 6.25. The zero-order valence-electron chi connectivity index (χ0n) is 17.7. The van der Waals surface area contributed by atoms with Crippen LogP contribution in [0.2, 0.25) is 0 Å². The van der Waals surface area contributed by atoms with Gasteiger partial charge in [-0.05, 0) is 24.5 Å². The summed E-state index contributed by atoms with van der Waals surface area (Å²) in [4.78, 5) is 33.4. The van der Waals surface area contributed by atoms with Gasteiger partial charge in [0.15, 0.2) is 0 Å². The summed E-state index contributed by atoms with van der Waals surface area (Å²) in [6.45, 7) is 8.11. The Morgan fingerprint density at radius 2 is 1.93 bits per heavy atom. The van der Waals surface area contributed by atoms with Crippen LogP contribution in [0.3, 0.4) is 0 Å². The molecule has 3 saturated heterocycles. The van der Waals surface area contributed by atoms with Crippen LogP contribution in [0.5, 0.6) is 0 Å². The van der Waals surface area contributed by atoms with Crippen molar-refractivity contribution in [3.8, 4) is 0 Å². The molecule has 0 spiro atoms. The maximum atomic E-state index is 13.3. The van der Waals surface area contributed by atoms with E-state index in [9.17, 15) is 18.0 Å². The first-order chi connectivity index (χ1) is 14.2. The molecule has 0 unspecified atom stereocenters. The second-order valence-corrected chi connectivity index (χ2v) is 10.7. The van der Waals surface area contributed by atoms with E-state index in [-0.39, 0.29) is 17.7 Å². The standard InChI is InChI=1S/C20H30N4O5S/c1-13(2)17-18-16(24(20(17)26)30(3,27)28)6-7-23(18)19(25)15-5-4-14(21-15)12-22-8-10-29-11-9-22/h4-5,13,16-18,21H,6-12H2,1-3H3/t16-,17+,18-/m1/s1. The number of carbonyl (C=O) groups is 2. The Morgan fingerprint density at radius 3 is 2.57 bits per heavy atom. The van der Waals surface area contributed by atoms with E-state index in [1.165, 1.54) is 0 Å². The molecule has 1 aromatic rings. The molecule has 4 rings (SSSR count). The Balaban J connectivity index is 1.54. The number of likely N-dealkylation sites (tertiary alicyclic amines) is 1. The largest absolute Gasteiger partial charge is 0.379 e. The van der Waals surface area contributed by atoms with Crippen LogP contribution in [0, 0.1) is 11.8 Å². The van der Waals surface area contributed by atoms with E-state index < -0.39 is 28.0 Å². The molecule has 166 valence electrons. The lowest BCUT2D eigenvalue weighted by molar-refractivity contribution is -0.129. The molecular weight excluding hydrogens is 408 g/mol. The van der Waals surface area contributed by atoms with Gasteiger partial charge in [0.25, 0.3) is 5.91 Å². The van der Waals surface area contributed by atoms with Gasteiger partial charge in [-0.1, -0.05) is 13.8 Å². The van der Waals surface area contributed by atoms with Gasteiger partial charge < -0.3 is 14.6 Å². The molecule has 0 aliphatic carbocycles. The normalized spacial score (nSPS) is 27.9. The number of nitrogens with zero attached hydrogens (tertiary/aromatic N) is 3. The summed E-state index contributed by atoms with van der Waals surface area (Å²) in [6.07, 6.45) is 1.54. The second-order valence-electron chi connectivity index (χ2n) is 8.80. The Bertz CT molecular complexity index is 921. The van der Waals surface area contributed by atoms with E-state index in [0.717, 1.165) is 35.9 Å². The number of ether oxygens (including phenoxy) is 1. The smallest absolute Gasteiger partial charge is 0.270 e. The van der Waals surface area contributed by atoms with Gasteiger partial charge in [0.05, 0.1) is 37.5 Å². The van der Waals surface area contributed by atoms with E-state index in [2.05, 4.69) is 9.88 Å². The number of H-pyrrole nitrogens is 1. The number of aromatic nitrogens is 1. The molecule has 1 N–H and O–H groups in total. The van der Waals surface area contributed by atoms with Crippen LogP contribution in [0.1, 0.15) is 36.5 Å². The van der Waals surface area contributed by atoms with Gasteiger partial charge in [-0.25, -0.2) is 12.7 Å². The van der Waals surface area contributed by atoms with E-state index in [1.807, 2.05) is 19.9 Å². The van der Waals surface area contributed by atoms with Crippen LogP contribution in [-0.4, -0.2) is 90.5 Å². The highest BCUT2D eigenvalue weighted by Crippen LogP contribution is 2.41.